The average molecular weight is 188 g/mol. The molecule has 0 spiro atoms. The highest BCUT2D eigenvalue weighted by Crippen LogP contribution is 2.10. The molecule has 0 N–H and O–H groups in total. The van der Waals surface area contributed by atoms with E-state index in [9.17, 15) is 4.79 Å². The second-order valence-corrected chi connectivity index (χ2v) is 3.74. The quantitative estimate of drug-likeness (QED) is 0.619. The van der Waals surface area contributed by atoms with Gasteiger partial charge in [-0.3, -0.25) is 0 Å². The number of rotatable bonds is 5. The fraction of sp³-hybridized carbons (Fsp3) is 0.900. The van der Waals surface area contributed by atoms with Crippen molar-refractivity contribution in [2.45, 2.75) is 46.3 Å². The lowest BCUT2D eigenvalue weighted by Gasteiger charge is -2.18. The molecule has 0 saturated carbocycles. The largest absolute Gasteiger partial charge is 0.467 e. The molecular formula is C10H20O3. The number of ether oxygens (including phenoxy) is 2. The van der Waals surface area contributed by atoms with E-state index in [0.717, 1.165) is 6.42 Å². The molecule has 0 bridgehead atoms. The standard InChI is InChI=1S/C10H20O3/c1-7(2)6-8(3)13-9(4)10(11)12-5/h7-9H,6H2,1-5H3/t8?,9-/m1/s1. The molecule has 0 aliphatic rings. The van der Waals surface area contributed by atoms with E-state index in [1.807, 2.05) is 6.92 Å². The molecule has 0 heterocycles. The summed E-state index contributed by atoms with van der Waals surface area (Å²) in [6.07, 6.45) is 0.606. The second-order valence-electron chi connectivity index (χ2n) is 3.74. The SMILES string of the molecule is COC(=O)[C@@H](C)OC(C)CC(C)C. The van der Waals surface area contributed by atoms with Gasteiger partial charge in [-0.05, 0) is 26.2 Å². The van der Waals surface area contributed by atoms with E-state index in [4.69, 9.17) is 4.74 Å². The highest BCUT2D eigenvalue weighted by atomic mass is 16.6. The van der Waals surface area contributed by atoms with Crippen LogP contribution in [-0.2, 0) is 14.3 Å². The maximum Gasteiger partial charge on any atom is 0.334 e. The predicted molar refractivity (Wildman–Crippen MR) is 51.5 cm³/mol. The maximum atomic E-state index is 11.0. The number of hydrogen-bond donors (Lipinski definition) is 0. The minimum absolute atomic E-state index is 0.106. The van der Waals surface area contributed by atoms with Crippen LogP contribution in [0.25, 0.3) is 0 Å². The fourth-order valence-corrected chi connectivity index (χ4v) is 1.29. The van der Waals surface area contributed by atoms with Crippen LogP contribution in [0.5, 0.6) is 0 Å². The summed E-state index contributed by atoms with van der Waals surface area (Å²) in [6, 6.07) is 0. The summed E-state index contributed by atoms with van der Waals surface area (Å²) >= 11 is 0. The zero-order valence-electron chi connectivity index (χ0n) is 9.16. The monoisotopic (exact) mass is 188 g/mol. The summed E-state index contributed by atoms with van der Waals surface area (Å²) in [7, 11) is 1.37. The number of hydrogen-bond acceptors (Lipinski definition) is 3. The first-order chi connectivity index (χ1) is 5.97. The molecule has 2 atom stereocenters. The Bertz CT molecular complexity index is 154. The van der Waals surface area contributed by atoms with Gasteiger partial charge in [-0.25, -0.2) is 4.79 Å². The Kier molecular flexibility index (Phi) is 5.71. The van der Waals surface area contributed by atoms with Gasteiger partial charge in [0.2, 0.25) is 0 Å². The fourth-order valence-electron chi connectivity index (χ4n) is 1.29. The Morgan fingerprint density at radius 2 is 1.77 bits per heavy atom. The van der Waals surface area contributed by atoms with Crippen molar-refractivity contribution in [2.24, 2.45) is 5.92 Å². The first-order valence-electron chi connectivity index (χ1n) is 4.70. The lowest BCUT2D eigenvalue weighted by atomic mass is 10.1. The number of esters is 1. The lowest BCUT2D eigenvalue weighted by molar-refractivity contribution is -0.156. The lowest BCUT2D eigenvalue weighted by Crippen LogP contribution is -2.27. The third-order valence-corrected chi connectivity index (χ3v) is 1.77. The van der Waals surface area contributed by atoms with Crippen molar-refractivity contribution in [1.29, 1.82) is 0 Å². The van der Waals surface area contributed by atoms with E-state index < -0.39 is 6.10 Å². The smallest absolute Gasteiger partial charge is 0.334 e. The molecule has 0 aromatic carbocycles. The maximum absolute atomic E-state index is 11.0. The molecule has 0 rings (SSSR count). The molecule has 0 aliphatic heterocycles. The van der Waals surface area contributed by atoms with Crippen molar-refractivity contribution >= 4 is 5.97 Å². The summed E-state index contributed by atoms with van der Waals surface area (Å²) in [5.74, 6) is 0.274. The van der Waals surface area contributed by atoms with Gasteiger partial charge in [0, 0.05) is 0 Å². The molecule has 13 heavy (non-hydrogen) atoms. The van der Waals surface area contributed by atoms with Crippen LogP contribution in [0.2, 0.25) is 0 Å². The summed E-state index contributed by atoms with van der Waals surface area (Å²) in [5, 5.41) is 0. The summed E-state index contributed by atoms with van der Waals surface area (Å²) in [6.45, 7) is 7.94. The Morgan fingerprint density at radius 3 is 2.15 bits per heavy atom. The van der Waals surface area contributed by atoms with Gasteiger partial charge in [0.05, 0.1) is 13.2 Å². The molecule has 0 saturated heterocycles. The van der Waals surface area contributed by atoms with E-state index in [2.05, 4.69) is 18.6 Å². The third kappa shape index (κ3) is 5.64. The van der Waals surface area contributed by atoms with Crippen LogP contribution >= 0.6 is 0 Å². The van der Waals surface area contributed by atoms with Crippen molar-refractivity contribution in [1.82, 2.24) is 0 Å². The van der Waals surface area contributed by atoms with Crippen LogP contribution in [0.3, 0.4) is 0 Å². The van der Waals surface area contributed by atoms with Gasteiger partial charge in [-0.1, -0.05) is 13.8 Å². The molecule has 0 radical (unpaired) electrons. The van der Waals surface area contributed by atoms with Crippen molar-refractivity contribution < 1.29 is 14.3 Å². The molecule has 78 valence electrons. The van der Waals surface area contributed by atoms with Gasteiger partial charge in [0.15, 0.2) is 6.10 Å². The van der Waals surface area contributed by atoms with E-state index in [0.29, 0.717) is 5.92 Å². The normalized spacial score (nSPS) is 15.5. The Balaban J connectivity index is 3.77. The van der Waals surface area contributed by atoms with Gasteiger partial charge in [0.25, 0.3) is 0 Å². The molecule has 1 unspecified atom stereocenters. The van der Waals surface area contributed by atoms with E-state index in [-0.39, 0.29) is 12.1 Å². The van der Waals surface area contributed by atoms with Crippen molar-refractivity contribution in [3.63, 3.8) is 0 Å². The van der Waals surface area contributed by atoms with E-state index in [1.54, 1.807) is 6.92 Å². The van der Waals surface area contributed by atoms with Crippen molar-refractivity contribution in [3.05, 3.63) is 0 Å². The Hall–Kier alpha value is -0.570. The predicted octanol–water partition coefficient (Wildman–Crippen LogP) is 2.00. The Labute approximate surface area is 80.4 Å². The molecule has 3 nitrogen and oxygen atoms in total. The third-order valence-electron chi connectivity index (χ3n) is 1.77. The number of carbonyl (C=O) groups excluding carboxylic acids is 1. The minimum atomic E-state index is -0.459. The Morgan fingerprint density at radius 1 is 1.23 bits per heavy atom. The second kappa shape index (κ2) is 5.97. The molecule has 3 heteroatoms. The van der Waals surface area contributed by atoms with Crippen LogP contribution < -0.4 is 0 Å². The van der Waals surface area contributed by atoms with Crippen LogP contribution in [0.4, 0.5) is 0 Å². The van der Waals surface area contributed by atoms with Gasteiger partial charge >= 0.3 is 5.97 Å². The van der Waals surface area contributed by atoms with Crippen LogP contribution in [-0.4, -0.2) is 25.3 Å². The molecule has 0 amide bonds. The van der Waals surface area contributed by atoms with Crippen LogP contribution in [0, 0.1) is 5.92 Å². The molecule has 0 aromatic heterocycles. The zero-order chi connectivity index (χ0) is 10.4. The van der Waals surface area contributed by atoms with Gasteiger partial charge < -0.3 is 9.47 Å². The van der Waals surface area contributed by atoms with Crippen LogP contribution in [0.15, 0.2) is 0 Å². The number of methoxy groups -OCH3 is 1. The molecule has 0 aliphatic carbocycles. The highest BCUT2D eigenvalue weighted by molar-refractivity contribution is 5.73. The highest BCUT2D eigenvalue weighted by Gasteiger charge is 2.17. The van der Waals surface area contributed by atoms with Gasteiger partial charge in [-0.15, -0.1) is 0 Å². The van der Waals surface area contributed by atoms with Crippen molar-refractivity contribution in [2.75, 3.05) is 7.11 Å². The summed E-state index contributed by atoms with van der Waals surface area (Å²) in [5.41, 5.74) is 0. The average Bonchev–Trinajstić information content (AvgIpc) is 2.01. The topological polar surface area (TPSA) is 35.5 Å². The first kappa shape index (κ1) is 12.4. The molecule has 0 fully saturated rings. The summed E-state index contributed by atoms with van der Waals surface area (Å²) < 4.78 is 9.99. The first-order valence-corrected chi connectivity index (χ1v) is 4.70. The zero-order valence-corrected chi connectivity index (χ0v) is 9.16. The van der Waals surface area contributed by atoms with E-state index >= 15 is 0 Å². The molecular weight excluding hydrogens is 168 g/mol. The molecule has 0 aromatic rings. The minimum Gasteiger partial charge on any atom is -0.467 e. The summed E-state index contributed by atoms with van der Waals surface area (Å²) in [4.78, 5) is 11.0. The van der Waals surface area contributed by atoms with Crippen LogP contribution in [0.1, 0.15) is 34.1 Å². The van der Waals surface area contributed by atoms with Gasteiger partial charge in [0.1, 0.15) is 0 Å². The van der Waals surface area contributed by atoms with Gasteiger partial charge in [-0.2, -0.15) is 0 Å². The van der Waals surface area contributed by atoms with Crippen molar-refractivity contribution in [3.8, 4) is 0 Å². The van der Waals surface area contributed by atoms with E-state index in [1.165, 1.54) is 7.11 Å². The number of carbonyl (C=O) groups is 1.